The Bertz CT molecular complexity index is 1310. The smallest absolute Gasteiger partial charge is 0.341 e. The summed E-state index contributed by atoms with van der Waals surface area (Å²) in [5.74, 6) is -0.658. The molecule has 40 heavy (non-hydrogen) atoms. The van der Waals surface area contributed by atoms with Gasteiger partial charge in [0, 0.05) is 16.4 Å². The molecule has 0 aliphatic heterocycles. The quantitative estimate of drug-likeness (QED) is 0.0944. The molecule has 1 unspecified atom stereocenters. The fourth-order valence-electron chi connectivity index (χ4n) is 5.73. The topological polar surface area (TPSA) is 89.9 Å². The van der Waals surface area contributed by atoms with Gasteiger partial charge in [-0.2, -0.15) is 0 Å². The van der Waals surface area contributed by atoms with E-state index in [0.29, 0.717) is 42.7 Å². The average Bonchev–Trinajstić information content (AvgIpc) is 3.15. The number of Topliss-reactive ketones (excluding diaryl/α,β-unsaturated/α-hetero) is 1. The Morgan fingerprint density at radius 2 is 1.62 bits per heavy atom. The van der Waals surface area contributed by atoms with E-state index in [2.05, 4.69) is 0 Å². The Morgan fingerprint density at radius 1 is 0.950 bits per heavy atom. The van der Waals surface area contributed by atoms with Crippen LogP contribution in [0.15, 0.2) is 71.6 Å². The minimum absolute atomic E-state index is 0.0619. The standard InChI is InChI=1S/C33H36O6S/c1-21-16-23(17-22(2)32(21)38-20-30(34)35)18-26-19-25(33(37)39-27-9-5-4-6-10-27)8-7-11-29(26)31(36)24-12-14-28(40-3)15-13-24/h4-6,9-10,12-17,25-26,29H,7-8,11,18-20H2,1-3H3,(H,34,35)/t25?,26-,29-/m0/s1. The Kier molecular flexibility index (Phi) is 10.0. The summed E-state index contributed by atoms with van der Waals surface area (Å²) in [6.07, 6.45) is 5.34. The number of carbonyl (C=O) groups is 3. The Morgan fingerprint density at radius 3 is 2.25 bits per heavy atom. The molecule has 7 heteroatoms. The summed E-state index contributed by atoms with van der Waals surface area (Å²) in [4.78, 5) is 39.2. The monoisotopic (exact) mass is 560 g/mol. The molecule has 0 amide bonds. The molecule has 3 aromatic carbocycles. The van der Waals surface area contributed by atoms with Crippen LogP contribution in [0, 0.1) is 31.6 Å². The Balaban J connectivity index is 1.61. The number of carboxylic acids is 1. The number of aryl methyl sites for hydroxylation is 2. The summed E-state index contributed by atoms with van der Waals surface area (Å²) < 4.78 is 11.2. The minimum Gasteiger partial charge on any atom is -0.481 e. The number of rotatable bonds is 10. The van der Waals surface area contributed by atoms with Crippen molar-refractivity contribution in [2.24, 2.45) is 17.8 Å². The molecule has 0 bridgehead atoms. The van der Waals surface area contributed by atoms with E-state index in [1.54, 1.807) is 23.9 Å². The van der Waals surface area contributed by atoms with E-state index >= 15 is 0 Å². The molecule has 0 radical (unpaired) electrons. The first-order chi connectivity index (χ1) is 19.2. The van der Waals surface area contributed by atoms with Crippen molar-refractivity contribution in [2.75, 3.05) is 12.9 Å². The maximum Gasteiger partial charge on any atom is 0.341 e. The molecule has 210 valence electrons. The zero-order chi connectivity index (χ0) is 28.6. The molecule has 4 rings (SSSR count). The molecule has 1 fully saturated rings. The Labute approximate surface area is 240 Å². The van der Waals surface area contributed by atoms with Gasteiger partial charge in [0.1, 0.15) is 11.5 Å². The van der Waals surface area contributed by atoms with Crippen molar-refractivity contribution >= 4 is 29.5 Å². The van der Waals surface area contributed by atoms with Gasteiger partial charge < -0.3 is 14.6 Å². The van der Waals surface area contributed by atoms with Gasteiger partial charge in [-0.15, -0.1) is 11.8 Å². The number of aliphatic carboxylic acids is 1. The normalized spacial score (nSPS) is 18.9. The number of carbonyl (C=O) groups excluding carboxylic acids is 2. The summed E-state index contributed by atoms with van der Waals surface area (Å²) in [5.41, 5.74) is 3.43. The van der Waals surface area contributed by atoms with Crippen LogP contribution in [0.5, 0.6) is 11.5 Å². The second-order valence-electron chi connectivity index (χ2n) is 10.5. The second-order valence-corrected chi connectivity index (χ2v) is 11.4. The van der Waals surface area contributed by atoms with Gasteiger partial charge >= 0.3 is 11.9 Å². The highest BCUT2D eigenvalue weighted by Crippen LogP contribution is 2.38. The highest BCUT2D eigenvalue weighted by molar-refractivity contribution is 7.98. The lowest BCUT2D eigenvalue weighted by atomic mass is 9.77. The first kappa shape index (κ1) is 29.4. The number of para-hydroxylation sites is 1. The van der Waals surface area contributed by atoms with Crippen molar-refractivity contribution in [3.8, 4) is 11.5 Å². The fourth-order valence-corrected chi connectivity index (χ4v) is 6.14. The number of ether oxygens (including phenoxy) is 2. The van der Waals surface area contributed by atoms with Gasteiger partial charge in [-0.25, -0.2) is 4.79 Å². The van der Waals surface area contributed by atoms with Gasteiger partial charge in [-0.3, -0.25) is 9.59 Å². The van der Waals surface area contributed by atoms with Crippen molar-refractivity contribution in [3.05, 3.63) is 89.0 Å². The lowest BCUT2D eigenvalue weighted by molar-refractivity contribution is -0.140. The third kappa shape index (κ3) is 7.54. The molecule has 1 aliphatic carbocycles. The van der Waals surface area contributed by atoms with Crippen molar-refractivity contribution in [1.29, 1.82) is 0 Å². The summed E-state index contributed by atoms with van der Waals surface area (Å²) in [6, 6.07) is 20.9. The van der Waals surface area contributed by atoms with E-state index in [9.17, 15) is 14.4 Å². The lowest BCUT2D eigenvalue weighted by Gasteiger charge is -2.26. The summed E-state index contributed by atoms with van der Waals surface area (Å²) in [7, 11) is 0. The van der Waals surface area contributed by atoms with Crippen LogP contribution in [0.1, 0.15) is 52.7 Å². The van der Waals surface area contributed by atoms with Crippen molar-refractivity contribution in [1.82, 2.24) is 0 Å². The number of hydrogen-bond donors (Lipinski definition) is 1. The predicted octanol–water partition coefficient (Wildman–Crippen LogP) is 6.94. The molecular formula is C33H36O6S. The zero-order valence-corrected chi connectivity index (χ0v) is 24.0. The van der Waals surface area contributed by atoms with E-state index in [1.807, 2.05) is 74.7 Å². The van der Waals surface area contributed by atoms with E-state index in [0.717, 1.165) is 28.0 Å². The average molecular weight is 561 g/mol. The number of esters is 1. The van der Waals surface area contributed by atoms with Crippen LogP contribution in [-0.2, 0) is 16.0 Å². The van der Waals surface area contributed by atoms with Gasteiger partial charge in [0.05, 0.1) is 5.92 Å². The number of hydrogen-bond acceptors (Lipinski definition) is 6. The van der Waals surface area contributed by atoms with Gasteiger partial charge in [-0.05, 0) is 92.7 Å². The molecule has 6 nitrogen and oxygen atoms in total. The first-order valence-electron chi connectivity index (χ1n) is 13.6. The van der Waals surface area contributed by atoms with Crippen LogP contribution in [0.2, 0.25) is 0 Å². The van der Waals surface area contributed by atoms with Gasteiger partial charge in [0.15, 0.2) is 12.4 Å². The van der Waals surface area contributed by atoms with Gasteiger partial charge in [-0.1, -0.05) is 48.9 Å². The van der Waals surface area contributed by atoms with Crippen molar-refractivity contribution in [3.63, 3.8) is 0 Å². The number of benzene rings is 3. The van der Waals surface area contributed by atoms with E-state index in [-0.39, 0.29) is 29.5 Å². The number of ketones is 1. The summed E-state index contributed by atoms with van der Waals surface area (Å²) in [5, 5.41) is 9.03. The Hall–Kier alpha value is -3.58. The van der Waals surface area contributed by atoms with Crippen LogP contribution >= 0.6 is 11.8 Å². The van der Waals surface area contributed by atoms with E-state index in [1.165, 1.54) is 0 Å². The van der Waals surface area contributed by atoms with Crippen LogP contribution in [0.4, 0.5) is 0 Å². The predicted molar refractivity (Wildman–Crippen MR) is 156 cm³/mol. The third-order valence-electron chi connectivity index (χ3n) is 7.59. The van der Waals surface area contributed by atoms with Crippen LogP contribution in [0.25, 0.3) is 0 Å². The van der Waals surface area contributed by atoms with E-state index in [4.69, 9.17) is 14.6 Å². The van der Waals surface area contributed by atoms with Crippen molar-refractivity contribution < 1.29 is 29.0 Å². The molecule has 0 aromatic heterocycles. The maximum absolute atomic E-state index is 13.9. The zero-order valence-electron chi connectivity index (χ0n) is 23.2. The van der Waals surface area contributed by atoms with Gasteiger partial charge in [0.25, 0.3) is 0 Å². The minimum atomic E-state index is -1.03. The molecule has 1 saturated carbocycles. The second kappa shape index (κ2) is 13.7. The molecule has 3 atom stereocenters. The molecule has 0 saturated heterocycles. The van der Waals surface area contributed by atoms with Gasteiger partial charge in [0.2, 0.25) is 0 Å². The maximum atomic E-state index is 13.9. The molecule has 0 spiro atoms. The highest BCUT2D eigenvalue weighted by Gasteiger charge is 2.36. The van der Waals surface area contributed by atoms with Crippen LogP contribution < -0.4 is 9.47 Å². The third-order valence-corrected chi connectivity index (χ3v) is 8.33. The molecular weight excluding hydrogens is 524 g/mol. The van der Waals surface area contributed by atoms with Crippen LogP contribution in [-0.4, -0.2) is 35.7 Å². The largest absolute Gasteiger partial charge is 0.481 e. The lowest BCUT2D eigenvalue weighted by Crippen LogP contribution is -2.28. The highest BCUT2D eigenvalue weighted by atomic mass is 32.2. The molecule has 1 aliphatic rings. The number of thioether (sulfide) groups is 1. The number of carboxylic acid groups (broad SMARTS) is 1. The summed E-state index contributed by atoms with van der Waals surface area (Å²) >= 11 is 1.64. The molecule has 1 N–H and O–H groups in total. The fraction of sp³-hybridized carbons (Fsp3) is 0.364. The molecule has 3 aromatic rings. The first-order valence-corrected chi connectivity index (χ1v) is 14.9. The summed E-state index contributed by atoms with van der Waals surface area (Å²) in [6.45, 7) is 3.40. The SMILES string of the molecule is CSc1ccc(C(=O)[C@H]2CCCC(C(=O)Oc3ccccc3)C[C@@H]2Cc2cc(C)c(OCC(=O)O)c(C)c2)cc1. The molecule has 0 heterocycles. The van der Waals surface area contributed by atoms with Crippen molar-refractivity contribution in [2.45, 2.75) is 50.8 Å². The van der Waals surface area contributed by atoms with E-state index < -0.39 is 12.6 Å². The van der Waals surface area contributed by atoms with Crippen LogP contribution in [0.3, 0.4) is 0 Å².